The van der Waals surface area contributed by atoms with E-state index in [1.807, 2.05) is 92.8 Å². The second kappa shape index (κ2) is 57.2. The number of aromatic amines is 9. The molecule has 0 spiro atoms. The molecule has 144 heavy (non-hydrogen) atoms. The highest BCUT2D eigenvalue weighted by Gasteiger charge is 2.19. The Morgan fingerprint density at radius 3 is 0.924 bits per heavy atom. The molecule has 9 aromatic rings. The lowest BCUT2D eigenvalue weighted by Gasteiger charge is -2.15. The van der Waals surface area contributed by atoms with Crippen molar-refractivity contribution in [2.24, 2.45) is 5.92 Å². The highest BCUT2D eigenvalue weighted by molar-refractivity contribution is 5.46. The Hall–Kier alpha value is -15.8. The molecule has 0 radical (unpaired) electrons. The third kappa shape index (κ3) is 38.3. The van der Waals surface area contributed by atoms with Gasteiger partial charge in [-0.1, -0.05) is 160 Å². The predicted octanol–water partition coefficient (Wildman–Crippen LogP) is 14.8. The lowest BCUT2D eigenvalue weighted by molar-refractivity contribution is 0.647. The van der Waals surface area contributed by atoms with E-state index < -0.39 is 0 Å². The number of H-pyrrole nitrogens is 9. The Balaban J connectivity index is 0.000000166. The number of nitrogen functional groups attached to an aromatic ring is 6. The number of hydrogen-bond donors (Lipinski definition) is 21. The van der Waals surface area contributed by atoms with Gasteiger partial charge >= 0.3 is 0 Å². The van der Waals surface area contributed by atoms with Gasteiger partial charge in [0.05, 0.1) is 0 Å². The Bertz CT molecular complexity index is 6070. The molecule has 9 heterocycles. The van der Waals surface area contributed by atoms with E-state index in [1.165, 1.54) is 102 Å². The number of allylic oxidation sites excluding steroid dienone is 25. The maximum absolute atomic E-state index is 5.48. The first kappa shape index (κ1) is 110. The molecule has 0 saturated heterocycles. The molecule has 0 aliphatic heterocycles. The minimum absolute atomic E-state index is 0.341. The van der Waals surface area contributed by atoms with Crippen molar-refractivity contribution in [2.45, 2.75) is 184 Å². The van der Waals surface area contributed by atoms with Gasteiger partial charge in [-0.3, -0.25) is 0 Å². The van der Waals surface area contributed by atoms with E-state index in [9.17, 15) is 0 Å². The Kier molecular flexibility index (Phi) is 43.8. The molecule has 1 atom stereocenters. The van der Waals surface area contributed by atoms with E-state index in [0.717, 1.165) is 192 Å². The van der Waals surface area contributed by atoms with Crippen LogP contribution in [0.2, 0.25) is 0 Å². The topological polar surface area (TPSA) is 622 Å². The second-order valence-corrected chi connectivity index (χ2v) is 37.0. The van der Waals surface area contributed by atoms with Gasteiger partial charge in [0.1, 0.15) is 0 Å². The number of hydrogen-bond acceptors (Lipinski definition) is 36. The quantitative estimate of drug-likeness (QED) is 0.0159. The normalized spacial score (nSPS) is 15.3. The highest BCUT2D eigenvalue weighted by atomic mass is 15.4. The van der Waals surface area contributed by atoms with Gasteiger partial charge < -0.3 is 95.7 Å². The molecule has 18 rings (SSSR count). The summed E-state index contributed by atoms with van der Waals surface area (Å²) in [5, 5.41) is 79.3. The first-order chi connectivity index (χ1) is 69.2. The SMILES string of the molecule is CC1=C(CCN(C)c2n[nH]c(N)n2)C=CC1.CC1=C(CCNc2n[nH]c(N)n2)C=CC1.CC1=C(CCNc2nc(N(C)C)n[nH]2)C=CC1.CC1=CC(CCN(C)c2n[nH]c(N)n2)=CC1.CC1=CC(CCNc2n[nH]c(N)n2)=CC1.CC1=CC(CCNc2nc(N(C)C)n[nH]2)=CC1.CC1=CCC=C1CCN(C)c1n[nH]c(N)n1.CC1=CCC=C1CCNc1nc(N(C)C)n[nH]1.CC1CCC=C1CCNc1n[nH]c(N)n1. The van der Waals surface area contributed by atoms with Crippen molar-refractivity contribution in [3.05, 3.63) is 198 Å². The number of rotatable bonds is 39. The van der Waals surface area contributed by atoms with Crippen LogP contribution in [0.25, 0.3) is 0 Å². The number of anilines is 18. The minimum Gasteiger partial charge on any atom is -0.368 e. The van der Waals surface area contributed by atoms with Gasteiger partial charge in [0.15, 0.2) is 0 Å². The molecule has 0 amide bonds. The zero-order valence-electron chi connectivity index (χ0n) is 87.4. The fourth-order valence-electron chi connectivity index (χ4n) is 15.8. The van der Waals surface area contributed by atoms with E-state index in [1.54, 1.807) is 5.57 Å². The third-order valence-corrected chi connectivity index (χ3v) is 24.4. The number of nitrogens with one attached hydrogen (secondary N) is 15. The Morgan fingerprint density at radius 1 is 0.306 bits per heavy atom. The maximum Gasteiger partial charge on any atom is 0.246 e. The van der Waals surface area contributed by atoms with E-state index in [0.29, 0.717) is 89.2 Å². The number of aromatic nitrogens is 27. The molecule has 45 nitrogen and oxygen atoms in total. The van der Waals surface area contributed by atoms with Gasteiger partial charge in [-0.05, 0) is 228 Å². The fraction of sp³-hybridized carbons (Fsp3) is 0.475. The molecule has 1 unspecified atom stereocenters. The van der Waals surface area contributed by atoms with E-state index in [-0.39, 0.29) is 0 Å². The van der Waals surface area contributed by atoms with E-state index >= 15 is 0 Å². The van der Waals surface area contributed by atoms with Gasteiger partial charge in [-0.2, -0.15) is 44.9 Å². The molecule has 776 valence electrons. The van der Waals surface area contributed by atoms with Gasteiger partial charge in [0.2, 0.25) is 107 Å². The largest absolute Gasteiger partial charge is 0.368 e. The average Bonchev–Trinajstić information content (AvgIpc) is 1.75. The summed E-state index contributed by atoms with van der Waals surface area (Å²) in [4.78, 5) is 48.6. The van der Waals surface area contributed by atoms with Crippen LogP contribution in [0.15, 0.2) is 198 Å². The number of nitrogens with zero attached hydrogens (tertiary/aromatic N) is 24. The minimum atomic E-state index is 0.341. The van der Waals surface area contributed by atoms with Crippen LogP contribution in [0.1, 0.15) is 184 Å². The van der Waals surface area contributed by atoms with Crippen LogP contribution in [0.4, 0.5) is 107 Å². The first-order valence-electron chi connectivity index (χ1n) is 49.2. The standard InChI is InChI=1S/3C12H19N5.3C11H17N5.C10H15N5.C10H17N5.C10H15N5/c1-9-4-5-10(8-9)6-7-13-11-14-12(16-15-11)17(2)3;2*1-9-5-4-6-10(9)7-8-13-11-14-12(16-15-11)17(2)3;1-8-3-4-9(7-8)5-6-16(2)11-13-10(12)14-15-11;2*1-8-4-3-5-9(8)6-7-16(2)11-13-10(12)14-15-11;1-7-2-3-8(6-7)4-5-12-10-13-9(11)14-15-10;2*1-7-3-2-4-8(7)5-6-12-10-13-9(11)14-15-10/h5,8H,4,6-7H2,1-3H3,(H2,13,14,15,16);5-6H,4,7-8H2,1-3H3,(H2,13,14,15,16);4,6H,5,7-8H2,1-3H3,(H2,13,14,15,16);4,7H,3,5-6H2,1-2H3,(H3,12,13,14,15);4-5H,3,6-7H2,1-2H3,(H3,12,13,14,15);3,5H,4,6-7H2,1-2H3,(H3,12,13,14,15);3,6H,2,4-5H2,1H3,(H4,11,12,13,14,15);4,7H,2-3,5-6H2,1H3,(H4,11,12,13,14,15);2,4H,3,5-6H2,1H3,(H4,11,12,13,14,15). The summed E-state index contributed by atoms with van der Waals surface area (Å²) < 4.78 is 0. The van der Waals surface area contributed by atoms with Crippen molar-refractivity contribution in [1.29, 1.82) is 0 Å². The van der Waals surface area contributed by atoms with E-state index in [2.05, 4.69) is 334 Å². The van der Waals surface area contributed by atoms with Gasteiger partial charge in [-0.25, -0.2) is 45.9 Å². The second-order valence-electron chi connectivity index (χ2n) is 37.0. The Labute approximate surface area is 845 Å². The van der Waals surface area contributed by atoms with Crippen molar-refractivity contribution >= 4 is 107 Å². The molecular weight excluding hydrogens is 1820 g/mol. The smallest absolute Gasteiger partial charge is 0.246 e. The molecule has 0 bridgehead atoms. The van der Waals surface area contributed by atoms with Crippen LogP contribution in [-0.2, 0) is 0 Å². The summed E-state index contributed by atoms with van der Waals surface area (Å²) >= 11 is 0. The monoisotopic (exact) mass is 1970 g/mol. The molecule has 0 fully saturated rings. The summed E-state index contributed by atoms with van der Waals surface area (Å²) in [5.74, 6) is 10.8. The van der Waals surface area contributed by atoms with Crippen molar-refractivity contribution in [1.82, 2.24) is 137 Å². The van der Waals surface area contributed by atoms with Gasteiger partial charge in [0, 0.05) is 122 Å². The van der Waals surface area contributed by atoms with Crippen LogP contribution < -0.4 is 95.7 Å². The zero-order valence-corrected chi connectivity index (χ0v) is 87.4. The average molecular weight is 1980 g/mol. The molecule has 27 N–H and O–H groups in total. The Morgan fingerprint density at radius 2 is 0.618 bits per heavy atom. The molecule has 9 aliphatic rings. The summed E-state index contributed by atoms with van der Waals surface area (Å²) in [6.45, 7) is 27.4. The fourth-order valence-corrected chi connectivity index (χ4v) is 15.8. The van der Waals surface area contributed by atoms with E-state index in [4.69, 9.17) is 34.4 Å². The molecule has 0 aromatic carbocycles. The maximum atomic E-state index is 5.48. The van der Waals surface area contributed by atoms with Crippen LogP contribution >= 0.6 is 0 Å². The summed E-state index contributed by atoms with van der Waals surface area (Å²) in [7, 11) is 17.4. The van der Waals surface area contributed by atoms with Gasteiger partial charge in [-0.15, -0.1) is 45.9 Å². The zero-order chi connectivity index (χ0) is 103. The van der Waals surface area contributed by atoms with Crippen LogP contribution in [0.5, 0.6) is 0 Å². The molecule has 9 aliphatic carbocycles. The predicted molar refractivity (Wildman–Crippen MR) is 587 cm³/mol. The van der Waals surface area contributed by atoms with Crippen LogP contribution in [-0.4, -0.2) is 259 Å². The number of nitrogens with two attached hydrogens (primary N) is 6. The van der Waals surface area contributed by atoms with Crippen molar-refractivity contribution in [3.63, 3.8) is 0 Å². The van der Waals surface area contributed by atoms with Gasteiger partial charge in [0.25, 0.3) is 0 Å². The summed E-state index contributed by atoms with van der Waals surface area (Å²) in [5.41, 5.74) is 57.0. The lowest BCUT2D eigenvalue weighted by Crippen LogP contribution is -2.20. The molecule has 45 heteroatoms. The molecule has 9 aromatic heterocycles. The van der Waals surface area contributed by atoms with Crippen molar-refractivity contribution in [2.75, 3.05) is 218 Å². The summed E-state index contributed by atoms with van der Waals surface area (Å²) in [6.07, 6.45) is 58.6. The van der Waals surface area contributed by atoms with Crippen molar-refractivity contribution in [3.8, 4) is 0 Å². The molecule has 0 saturated carbocycles. The lowest BCUT2D eigenvalue weighted by atomic mass is 10.0. The first-order valence-corrected chi connectivity index (χ1v) is 49.2. The molecular formula is C99H155N45. The van der Waals surface area contributed by atoms with Crippen LogP contribution in [0, 0.1) is 5.92 Å². The highest BCUT2D eigenvalue weighted by Crippen LogP contribution is 2.31. The van der Waals surface area contributed by atoms with Crippen molar-refractivity contribution < 1.29 is 0 Å². The summed E-state index contributed by atoms with van der Waals surface area (Å²) in [6, 6.07) is 0. The van der Waals surface area contributed by atoms with Crippen LogP contribution in [0.3, 0.4) is 0 Å². The third-order valence-electron chi connectivity index (χ3n) is 24.4.